The Morgan fingerprint density at radius 1 is 0.812 bits per heavy atom. The largest absolute Gasteiger partial charge is 0.315 e. The molecule has 0 heterocycles. The Kier molecular flexibility index (Phi) is 11.3. The Balaban J connectivity index is 3.12. The summed E-state index contributed by atoms with van der Waals surface area (Å²) in [6.45, 7) is 8.02. The number of nitrogens with one attached hydrogen (secondary N) is 1. The molecule has 0 atom stereocenters. The van der Waals surface area contributed by atoms with Crippen molar-refractivity contribution in [2.24, 2.45) is 0 Å². The van der Waals surface area contributed by atoms with Crippen LogP contribution < -0.4 is 5.32 Å². The van der Waals surface area contributed by atoms with E-state index in [1.807, 2.05) is 0 Å². The lowest BCUT2D eigenvalue weighted by Crippen LogP contribution is -2.34. The topological polar surface area (TPSA) is 18.5 Å². The van der Waals surface area contributed by atoms with Gasteiger partial charge >= 0.3 is 0 Å². The summed E-state index contributed by atoms with van der Waals surface area (Å²) in [5.74, 6) is 0. The first-order valence-electron chi connectivity index (χ1n) is 6.70. The van der Waals surface area contributed by atoms with E-state index >= 15 is 0 Å². The van der Waals surface area contributed by atoms with Crippen molar-refractivity contribution in [2.75, 3.05) is 53.9 Å². The highest BCUT2D eigenvalue weighted by Crippen LogP contribution is 1.96. The zero-order valence-corrected chi connectivity index (χ0v) is 11.8. The van der Waals surface area contributed by atoms with Crippen molar-refractivity contribution in [3.8, 4) is 0 Å². The lowest BCUT2D eigenvalue weighted by atomic mass is 10.2. The van der Waals surface area contributed by atoms with Crippen LogP contribution in [0.1, 0.15) is 32.6 Å². The molecule has 0 unspecified atom stereocenters. The van der Waals surface area contributed by atoms with E-state index in [-0.39, 0.29) is 0 Å². The second-order valence-corrected chi connectivity index (χ2v) is 4.92. The number of hydrogen-bond donors (Lipinski definition) is 1. The highest BCUT2D eigenvalue weighted by Gasteiger charge is 1.98. The summed E-state index contributed by atoms with van der Waals surface area (Å²) in [6.07, 6.45) is 5.41. The molecule has 0 radical (unpaired) electrons. The zero-order valence-electron chi connectivity index (χ0n) is 11.8. The Morgan fingerprint density at radius 2 is 1.56 bits per heavy atom. The molecule has 3 heteroatoms. The summed E-state index contributed by atoms with van der Waals surface area (Å²) < 4.78 is 0. The number of hydrogen-bond acceptors (Lipinski definition) is 3. The predicted octanol–water partition coefficient (Wildman–Crippen LogP) is 1.65. The van der Waals surface area contributed by atoms with Crippen LogP contribution in [0.5, 0.6) is 0 Å². The summed E-state index contributed by atoms with van der Waals surface area (Å²) in [7, 11) is 6.45. The predicted molar refractivity (Wildman–Crippen MR) is 73.1 cm³/mol. The van der Waals surface area contributed by atoms with Crippen LogP contribution in [0.25, 0.3) is 0 Å². The van der Waals surface area contributed by atoms with Gasteiger partial charge in [0.2, 0.25) is 0 Å². The van der Waals surface area contributed by atoms with Gasteiger partial charge in [-0.25, -0.2) is 0 Å². The van der Waals surface area contributed by atoms with E-state index in [4.69, 9.17) is 0 Å². The van der Waals surface area contributed by atoms with E-state index in [0.29, 0.717) is 0 Å². The molecule has 0 saturated heterocycles. The van der Waals surface area contributed by atoms with Gasteiger partial charge in [0.05, 0.1) is 0 Å². The quantitative estimate of drug-likeness (QED) is 0.544. The van der Waals surface area contributed by atoms with Crippen molar-refractivity contribution in [1.82, 2.24) is 15.1 Å². The maximum atomic E-state index is 3.51. The molecule has 16 heavy (non-hydrogen) atoms. The number of unbranched alkanes of at least 4 members (excludes halogenated alkanes) is 3. The standard InChI is InChI=1S/C13H31N3/c1-5-6-7-8-9-14-10-11-16(4)13-12-15(2)3/h14H,5-13H2,1-4H3. The third kappa shape index (κ3) is 12.0. The van der Waals surface area contributed by atoms with Gasteiger partial charge in [-0.05, 0) is 34.1 Å². The van der Waals surface area contributed by atoms with E-state index < -0.39 is 0 Å². The minimum Gasteiger partial charge on any atom is -0.315 e. The van der Waals surface area contributed by atoms with Crippen LogP contribution in [0, 0.1) is 0 Å². The van der Waals surface area contributed by atoms with Gasteiger partial charge in [0.1, 0.15) is 0 Å². The fourth-order valence-electron chi connectivity index (χ4n) is 1.55. The van der Waals surface area contributed by atoms with Crippen molar-refractivity contribution in [3.63, 3.8) is 0 Å². The van der Waals surface area contributed by atoms with Crippen molar-refractivity contribution in [2.45, 2.75) is 32.6 Å². The molecule has 0 spiro atoms. The average molecular weight is 229 g/mol. The van der Waals surface area contributed by atoms with E-state index in [1.54, 1.807) is 0 Å². The molecular weight excluding hydrogens is 198 g/mol. The van der Waals surface area contributed by atoms with Crippen LogP contribution in [-0.4, -0.2) is 63.7 Å². The number of rotatable bonds is 11. The van der Waals surface area contributed by atoms with Gasteiger partial charge in [-0.1, -0.05) is 26.2 Å². The Hall–Kier alpha value is -0.120. The van der Waals surface area contributed by atoms with Crippen molar-refractivity contribution in [3.05, 3.63) is 0 Å². The highest BCUT2D eigenvalue weighted by atomic mass is 15.2. The third-order valence-corrected chi connectivity index (χ3v) is 2.81. The zero-order chi connectivity index (χ0) is 12.2. The third-order valence-electron chi connectivity index (χ3n) is 2.81. The average Bonchev–Trinajstić information content (AvgIpc) is 2.25. The first kappa shape index (κ1) is 15.9. The second kappa shape index (κ2) is 11.4. The van der Waals surface area contributed by atoms with Crippen molar-refractivity contribution < 1.29 is 0 Å². The van der Waals surface area contributed by atoms with Crippen molar-refractivity contribution >= 4 is 0 Å². The Morgan fingerprint density at radius 3 is 2.19 bits per heavy atom. The van der Waals surface area contributed by atoms with Gasteiger partial charge in [0.25, 0.3) is 0 Å². The highest BCUT2D eigenvalue weighted by molar-refractivity contribution is 4.57. The van der Waals surface area contributed by atoms with Gasteiger partial charge in [-0.15, -0.1) is 0 Å². The summed E-state index contributed by atoms with van der Waals surface area (Å²) in [6, 6.07) is 0. The lowest BCUT2D eigenvalue weighted by molar-refractivity contribution is 0.281. The summed E-state index contributed by atoms with van der Waals surface area (Å²) in [5, 5.41) is 3.51. The monoisotopic (exact) mass is 229 g/mol. The minimum atomic E-state index is 1.12. The molecule has 0 aromatic rings. The molecule has 0 aliphatic heterocycles. The van der Waals surface area contributed by atoms with Gasteiger partial charge in [0, 0.05) is 26.2 Å². The van der Waals surface area contributed by atoms with E-state index in [1.165, 1.54) is 32.2 Å². The fraction of sp³-hybridized carbons (Fsp3) is 1.00. The molecule has 1 N–H and O–H groups in total. The minimum absolute atomic E-state index is 1.12. The molecule has 3 nitrogen and oxygen atoms in total. The van der Waals surface area contributed by atoms with Crippen LogP contribution in [-0.2, 0) is 0 Å². The van der Waals surface area contributed by atoms with Gasteiger partial charge in [-0.2, -0.15) is 0 Å². The molecule has 0 saturated carbocycles. The molecule has 0 rings (SSSR count). The summed E-state index contributed by atoms with van der Waals surface area (Å²) >= 11 is 0. The Bertz CT molecular complexity index is 137. The normalized spacial score (nSPS) is 11.6. The van der Waals surface area contributed by atoms with Crippen LogP contribution in [0.3, 0.4) is 0 Å². The molecule has 0 aliphatic rings. The van der Waals surface area contributed by atoms with Crippen LogP contribution in [0.4, 0.5) is 0 Å². The van der Waals surface area contributed by atoms with Gasteiger partial charge < -0.3 is 15.1 Å². The first-order chi connectivity index (χ1) is 7.66. The first-order valence-corrected chi connectivity index (χ1v) is 6.70. The smallest absolute Gasteiger partial charge is 0.0107 e. The molecule has 0 bridgehead atoms. The molecule has 0 fully saturated rings. The van der Waals surface area contributed by atoms with E-state index in [0.717, 1.165) is 26.2 Å². The van der Waals surface area contributed by atoms with Gasteiger partial charge in [-0.3, -0.25) is 0 Å². The number of nitrogens with zero attached hydrogens (tertiary/aromatic N) is 2. The molecule has 0 amide bonds. The number of likely N-dealkylation sites (N-methyl/N-ethyl adjacent to an activating group) is 2. The molecular formula is C13H31N3. The van der Waals surface area contributed by atoms with Crippen molar-refractivity contribution in [1.29, 1.82) is 0 Å². The van der Waals surface area contributed by atoms with E-state index in [2.05, 4.69) is 43.2 Å². The summed E-state index contributed by atoms with van der Waals surface area (Å²) in [5.41, 5.74) is 0. The Labute approximate surface area is 102 Å². The summed E-state index contributed by atoms with van der Waals surface area (Å²) in [4.78, 5) is 4.62. The van der Waals surface area contributed by atoms with E-state index in [9.17, 15) is 0 Å². The molecule has 0 aliphatic carbocycles. The second-order valence-electron chi connectivity index (χ2n) is 4.92. The molecule has 98 valence electrons. The molecule has 0 aromatic carbocycles. The van der Waals surface area contributed by atoms with Crippen LogP contribution in [0.15, 0.2) is 0 Å². The maximum absolute atomic E-state index is 3.51. The van der Waals surface area contributed by atoms with Crippen LogP contribution in [0.2, 0.25) is 0 Å². The SMILES string of the molecule is CCCCCCNCCN(C)CCN(C)C. The van der Waals surface area contributed by atoms with Crippen LogP contribution >= 0.6 is 0 Å². The maximum Gasteiger partial charge on any atom is 0.0107 e. The lowest BCUT2D eigenvalue weighted by Gasteiger charge is -2.19. The fourth-order valence-corrected chi connectivity index (χ4v) is 1.55. The van der Waals surface area contributed by atoms with Gasteiger partial charge in [0.15, 0.2) is 0 Å². The molecule has 0 aromatic heterocycles.